The number of aliphatic imine (C=N–C) groups is 2. The van der Waals surface area contributed by atoms with Gasteiger partial charge >= 0.3 is 6.09 Å². The molecule has 0 aromatic rings. The number of thioether (sulfide) groups is 8. The number of carbonyl (C=O) groups excluding carboxylic acids is 2. The zero-order chi connectivity index (χ0) is 28.7. The number of hydrogen-bond donors (Lipinski definition) is 4. The predicted molar refractivity (Wildman–Crippen MR) is 179 cm³/mol. The van der Waals surface area contributed by atoms with Gasteiger partial charge in [-0.15, -0.1) is 70.6 Å². The molecule has 0 bridgehead atoms. The summed E-state index contributed by atoms with van der Waals surface area (Å²) in [6.45, 7) is -0.229. The maximum absolute atomic E-state index is 11.9. The normalized spacial score (nSPS) is 12.2. The van der Waals surface area contributed by atoms with E-state index in [2.05, 4.69) is 35.1 Å². The lowest BCUT2D eigenvalue weighted by molar-refractivity contribution is -0.221. The Balaban J connectivity index is 3.39. The molecule has 0 saturated heterocycles. The van der Waals surface area contributed by atoms with Gasteiger partial charge < -0.3 is 35.0 Å². The molecule has 0 aliphatic carbocycles. The van der Waals surface area contributed by atoms with Crippen LogP contribution in [0.2, 0.25) is 0 Å². The molecule has 0 saturated carbocycles. The topological polar surface area (TPSA) is 174 Å². The molecule has 0 aliphatic rings. The maximum Gasteiger partial charge on any atom is 0.407 e. The molecule has 39 heavy (non-hydrogen) atoms. The smallest absolute Gasteiger partial charge is 0.407 e. The van der Waals surface area contributed by atoms with Crippen molar-refractivity contribution in [1.29, 1.82) is 0 Å². The van der Waals surface area contributed by atoms with Crippen LogP contribution in [0.3, 0.4) is 0 Å². The van der Waals surface area contributed by atoms with Gasteiger partial charge in [0.15, 0.2) is 5.08 Å². The average molecular weight is 723 g/mol. The Morgan fingerprint density at radius 3 is 2.21 bits per heavy atom. The van der Waals surface area contributed by atoms with Gasteiger partial charge in [0, 0.05) is 36.6 Å². The van der Waals surface area contributed by atoms with E-state index >= 15 is 0 Å². The molecular formula is C18H34N4O8S9. The van der Waals surface area contributed by atoms with Crippen molar-refractivity contribution >= 4 is 129 Å². The van der Waals surface area contributed by atoms with Crippen molar-refractivity contribution in [3.63, 3.8) is 0 Å². The van der Waals surface area contributed by atoms with Gasteiger partial charge in [-0.05, 0) is 0 Å². The van der Waals surface area contributed by atoms with Crippen LogP contribution in [0.15, 0.2) is 9.98 Å². The quantitative estimate of drug-likeness (QED) is 0.0184. The third kappa shape index (κ3) is 33.2. The summed E-state index contributed by atoms with van der Waals surface area (Å²) < 4.78 is 16.6. The molecule has 1 atom stereocenters. The Labute approximate surface area is 266 Å². The molecule has 228 valence electrons. The van der Waals surface area contributed by atoms with Crippen LogP contribution in [0.25, 0.3) is 0 Å². The van der Waals surface area contributed by atoms with Crippen LogP contribution >= 0.6 is 94.1 Å². The fourth-order valence-electron chi connectivity index (χ4n) is 1.56. The second kappa shape index (κ2) is 33.4. The fourth-order valence-corrected chi connectivity index (χ4v) is 10.4. The van der Waals surface area contributed by atoms with E-state index in [-0.39, 0.29) is 31.7 Å². The van der Waals surface area contributed by atoms with Gasteiger partial charge in [0.25, 0.3) is 5.24 Å². The molecule has 0 aliphatic heterocycles. The summed E-state index contributed by atoms with van der Waals surface area (Å²) in [6.07, 6.45) is 0.635. The molecule has 0 rings (SSSR count). The first-order valence-corrected chi connectivity index (χ1v) is 21.3. The second-order valence-electron chi connectivity index (χ2n) is 5.93. The van der Waals surface area contributed by atoms with Crippen LogP contribution in [0.4, 0.5) is 9.59 Å². The molecule has 0 radical (unpaired) electrons. The van der Waals surface area contributed by atoms with Gasteiger partial charge in [0.05, 0.1) is 36.7 Å². The van der Waals surface area contributed by atoms with Crippen molar-refractivity contribution in [2.45, 2.75) is 0 Å². The number of ether oxygens (including phenoxy) is 1. The zero-order valence-corrected chi connectivity index (χ0v) is 28.3. The number of aliphatic hydroxyl groups is 2. The number of rotatable bonds is 27. The van der Waals surface area contributed by atoms with E-state index in [0.717, 1.165) is 20.3 Å². The fraction of sp³-hybridized carbons (Fsp3) is 0.778. The van der Waals surface area contributed by atoms with Crippen molar-refractivity contribution in [3.8, 4) is 0 Å². The lowest BCUT2D eigenvalue weighted by Gasteiger charge is -2.06. The summed E-state index contributed by atoms with van der Waals surface area (Å²) >= 11 is 11.3. The first kappa shape index (κ1) is 39.9. The maximum atomic E-state index is 11.9. The molecule has 4 N–H and O–H groups in total. The molecule has 12 nitrogen and oxygen atoms in total. The number of nitrogens with one attached hydrogen (secondary N) is 2. The first-order chi connectivity index (χ1) is 19.1. The molecule has 0 spiro atoms. The molecule has 0 fully saturated rings. The summed E-state index contributed by atoms with van der Waals surface area (Å²) in [7, 11) is 0. The van der Waals surface area contributed by atoms with E-state index < -0.39 is 17.3 Å². The first-order valence-electron chi connectivity index (χ1n) is 10.8. The van der Waals surface area contributed by atoms with Crippen LogP contribution in [-0.4, -0.2) is 118 Å². The van der Waals surface area contributed by atoms with E-state index in [1.807, 2.05) is 0 Å². The van der Waals surface area contributed by atoms with Crippen molar-refractivity contribution < 1.29 is 38.9 Å². The molecular weight excluding hydrogens is 689 g/mol. The van der Waals surface area contributed by atoms with Crippen LogP contribution in [0.1, 0.15) is 0 Å². The van der Waals surface area contributed by atoms with E-state index in [4.69, 9.17) is 10.2 Å². The minimum Gasteiger partial charge on any atom is -0.610 e. The summed E-state index contributed by atoms with van der Waals surface area (Å²) in [5, 5.41) is 26.7. The second-order valence-corrected chi connectivity index (χ2v) is 17.2. The zero-order valence-electron chi connectivity index (χ0n) is 21.0. The summed E-state index contributed by atoms with van der Waals surface area (Å²) in [5.74, 6) is 1.96. The van der Waals surface area contributed by atoms with Crippen molar-refractivity contribution in [1.82, 2.24) is 10.6 Å². The molecule has 0 aromatic carbocycles. The van der Waals surface area contributed by atoms with Crippen LogP contribution in [-0.2, 0) is 25.7 Å². The van der Waals surface area contributed by atoms with Crippen molar-refractivity contribution in [3.05, 3.63) is 0 Å². The number of nitrogens with zero attached hydrogens (tertiary/aromatic N) is 2. The van der Waals surface area contributed by atoms with Crippen LogP contribution in [0, 0.1) is 0 Å². The molecule has 0 heterocycles. The number of amides is 2. The summed E-state index contributed by atoms with van der Waals surface area (Å²) in [5.41, 5.74) is 1.47. The monoisotopic (exact) mass is 722 g/mol. The Kier molecular flexibility index (Phi) is 34.1. The van der Waals surface area contributed by atoms with E-state index in [1.165, 1.54) is 35.5 Å². The predicted octanol–water partition coefficient (Wildman–Crippen LogP) is 3.60. The SMILES string of the molecule is O=C(NCSCSC/N=C/[S+]([O-])CSCSCSCSC(=O)NCSCSC/N=C/OOCCO)OCCO. The van der Waals surface area contributed by atoms with Gasteiger partial charge in [-0.25, -0.2) is 14.8 Å². The number of alkyl carbamates (subject to hydrolysis) is 1. The van der Waals surface area contributed by atoms with Gasteiger partial charge in [-0.1, -0.05) is 23.5 Å². The highest BCUT2D eigenvalue weighted by atomic mass is 32.3. The third-order valence-corrected chi connectivity index (χ3v) is 13.2. The molecule has 1 unspecified atom stereocenters. The average Bonchev–Trinajstić information content (AvgIpc) is 2.93. The van der Waals surface area contributed by atoms with Crippen molar-refractivity contribution in [2.75, 3.05) is 80.4 Å². The summed E-state index contributed by atoms with van der Waals surface area (Å²) in [6, 6.07) is 0. The van der Waals surface area contributed by atoms with Crippen LogP contribution in [0.5, 0.6) is 0 Å². The standard InChI is InChI=1S/C18H34N4O8S9/c23-1-3-28-17(25)21-8-33-12-32-7-20-10-39(27)16-37-14-35-13-36-15-38-18(26)22-9-34-11-31-6-19-5-30-29-4-2-24/h5,10,23-24H,1-4,6-9,11-16H2,(H,21,25)(H,22,26)/b19-5+,20-10+. The van der Waals surface area contributed by atoms with Crippen molar-refractivity contribution in [2.24, 2.45) is 9.98 Å². The molecule has 21 heteroatoms. The molecule has 2 amide bonds. The Bertz CT molecular complexity index is 647. The minimum absolute atomic E-state index is 0.0194. The molecule has 0 aromatic heterocycles. The Morgan fingerprint density at radius 1 is 0.821 bits per heavy atom. The van der Waals surface area contributed by atoms with Crippen LogP contribution < -0.4 is 10.6 Å². The highest BCUT2D eigenvalue weighted by Gasteiger charge is 2.04. The van der Waals surface area contributed by atoms with E-state index in [9.17, 15) is 14.1 Å². The number of carbonyl (C=O) groups is 2. The van der Waals surface area contributed by atoms with Gasteiger partial charge in [-0.2, -0.15) is 4.89 Å². The number of hydrogen-bond acceptors (Lipinski definition) is 18. The largest absolute Gasteiger partial charge is 0.610 e. The highest BCUT2D eigenvalue weighted by molar-refractivity contribution is 8.30. The van der Waals surface area contributed by atoms with E-state index in [1.54, 1.807) is 70.6 Å². The van der Waals surface area contributed by atoms with Gasteiger partial charge in [0.1, 0.15) is 13.2 Å². The van der Waals surface area contributed by atoms with Gasteiger partial charge in [-0.3, -0.25) is 4.79 Å². The number of aliphatic hydroxyl groups excluding tert-OH is 2. The minimum atomic E-state index is -1.11. The third-order valence-electron chi connectivity index (χ3n) is 2.99. The summed E-state index contributed by atoms with van der Waals surface area (Å²) in [4.78, 5) is 40.2. The Hall–Kier alpha value is 0.870. The lowest BCUT2D eigenvalue weighted by Crippen LogP contribution is -2.24. The lowest BCUT2D eigenvalue weighted by atomic mass is 10.8. The van der Waals surface area contributed by atoms with Gasteiger partial charge in [0.2, 0.25) is 11.9 Å². The Morgan fingerprint density at radius 2 is 1.46 bits per heavy atom. The van der Waals surface area contributed by atoms with E-state index in [0.29, 0.717) is 33.7 Å². The highest BCUT2D eigenvalue weighted by Crippen LogP contribution is 2.22.